The number of hydrogen-bond acceptors (Lipinski definition) is 2. The molecule has 3 heteroatoms. The molecule has 2 rings (SSSR count). The second-order valence-electron chi connectivity index (χ2n) is 4.54. The van der Waals surface area contributed by atoms with Crippen LogP contribution in [0.5, 0.6) is 0 Å². The fourth-order valence-electron chi connectivity index (χ4n) is 2.24. The molecule has 0 aromatic heterocycles. The van der Waals surface area contributed by atoms with Gasteiger partial charge in [0.1, 0.15) is 0 Å². The molecule has 1 aliphatic rings. The molecule has 3 nitrogen and oxygen atoms in total. The first-order valence-electron chi connectivity index (χ1n) is 5.58. The highest BCUT2D eigenvalue weighted by Crippen LogP contribution is 2.44. The van der Waals surface area contributed by atoms with E-state index in [0.717, 1.165) is 30.4 Å². The van der Waals surface area contributed by atoms with Crippen molar-refractivity contribution in [1.29, 1.82) is 0 Å². The van der Waals surface area contributed by atoms with Crippen LogP contribution in [-0.4, -0.2) is 16.2 Å². The first kappa shape index (κ1) is 11.1. The summed E-state index contributed by atoms with van der Waals surface area (Å²) >= 11 is 0. The SMILES string of the molecule is CC(O)c1ccc(C2(C(=O)O)CCC2)cc1. The highest BCUT2D eigenvalue weighted by molar-refractivity contribution is 5.82. The van der Waals surface area contributed by atoms with E-state index in [1.165, 1.54) is 0 Å². The number of aliphatic hydroxyl groups excluding tert-OH is 1. The van der Waals surface area contributed by atoms with E-state index in [9.17, 15) is 15.0 Å². The minimum atomic E-state index is -0.733. The Morgan fingerprint density at radius 3 is 2.19 bits per heavy atom. The predicted molar refractivity (Wildman–Crippen MR) is 60.2 cm³/mol. The van der Waals surface area contributed by atoms with Crippen LogP contribution < -0.4 is 0 Å². The van der Waals surface area contributed by atoms with E-state index in [4.69, 9.17) is 0 Å². The van der Waals surface area contributed by atoms with Gasteiger partial charge in [-0.15, -0.1) is 0 Å². The van der Waals surface area contributed by atoms with Gasteiger partial charge in [-0.3, -0.25) is 4.79 Å². The maximum Gasteiger partial charge on any atom is 0.314 e. The summed E-state index contributed by atoms with van der Waals surface area (Å²) in [7, 11) is 0. The molecule has 0 saturated heterocycles. The van der Waals surface area contributed by atoms with Gasteiger partial charge >= 0.3 is 5.97 Å². The van der Waals surface area contributed by atoms with Gasteiger partial charge in [0.25, 0.3) is 0 Å². The van der Waals surface area contributed by atoms with Crippen LogP contribution in [0.15, 0.2) is 24.3 Å². The summed E-state index contributed by atoms with van der Waals surface area (Å²) < 4.78 is 0. The van der Waals surface area contributed by atoms with Crippen LogP contribution in [0.25, 0.3) is 0 Å². The largest absolute Gasteiger partial charge is 0.481 e. The molecule has 1 unspecified atom stereocenters. The lowest BCUT2D eigenvalue weighted by atomic mass is 9.64. The number of carboxylic acids is 1. The minimum absolute atomic E-state index is 0.504. The summed E-state index contributed by atoms with van der Waals surface area (Å²) in [5.74, 6) is -0.733. The lowest BCUT2D eigenvalue weighted by Gasteiger charge is -2.38. The second kappa shape index (κ2) is 3.91. The van der Waals surface area contributed by atoms with Gasteiger partial charge in [-0.05, 0) is 30.9 Å². The molecule has 2 N–H and O–H groups in total. The van der Waals surface area contributed by atoms with Crippen molar-refractivity contribution in [3.05, 3.63) is 35.4 Å². The van der Waals surface area contributed by atoms with Gasteiger partial charge in [0, 0.05) is 0 Å². The Morgan fingerprint density at radius 2 is 1.88 bits per heavy atom. The molecule has 0 radical (unpaired) electrons. The molecule has 0 bridgehead atoms. The van der Waals surface area contributed by atoms with Crippen molar-refractivity contribution in [3.63, 3.8) is 0 Å². The minimum Gasteiger partial charge on any atom is -0.481 e. The Morgan fingerprint density at radius 1 is 1.31 bits per heavy atom. The van der Waals surface area contributed by atoms with Gasteiger partial charge in [0.15, 0.2) is 0 Å². The van der Waals surface area contributed by atoms with Crippen LogP contribution in [0.1, 0.15) is 43.4 Å². The lowest BCUT2D eigenvalue weighted by molar-refractivity contribution is -0.147. The van der Waals surface area contributed by atoms with E-state index in [1.54, 1.807) is 6.92 Å². The number of carboxylic acid groups (broad SMARTS) is 1. The molecule has 1 saturated carbocycles. The monoisotopic (exact) mass is 220 g/mol. The van der Waals surface area contributed by atoms with Crippen LogP contribution in [0.4, 0.5) is 0 Å². The van der Waals surface area contributed by atoms with E-state index >= 15 is 0 Å². The van der Waals surface area contributed by atoms with Gasteiger partial charge in [-0.2, -0.15) is 0 Å². The molecule has 0 spiro atoms. The van der Waals surface area contributed by atoms with Crippen LogP contribution in [0, 0.1) is 0 Å². The van der Waals surface area contributed by atoms with Gasteiger partial charge in [0.2, 0.25) is 0 Å². The number of rotatable bonds is 3. The lowest BCUT2D eigenvalue weighted by Crippen LogP contribution is -2.42. The van der Waals surface area contributed by atoms with Crippen LogP contribution in [0.3, 0.4) is 0 Å². The average Bonchev–Trinajstić information content (AvgIpc) is 2.16. The first-order chi connectivity index (χ1) is 7.56. The number of aliphatic carboxylic acids is 1. The maximum absolute atomic E-state index is 11.3. The summed E-state index contributed by atoms with van der Waals surface area (Å²) in [4.78, 5) is 11.3. The van der Waals surface area contributed by atoms with Crippen molar-refractivity contribution in [1.82, 2.24) is 0 Å². The van der Waals surface area contributed by atoms with E-state index in [-0.39, 0.29) is 0 Å². The molecule has 16 heavy (non-hydrogen) atoms. The van der Waals surface area contributed by atoms with E-state index in [1.807, 2.05) is 24.3 Å². The zero-order valence-electron chi connectivity index (χ0n) is 9.31. The zero-order chi connectivity index (χ0) is 11.8. The maximum atomic E-state index is 11.3. The van der Waals surface area contributed by atoms with Crippen molar-refractivity contribution in [3.8, 4) is 0 Å². The van der Waals surface area contributed by atoms with E-state index in [0.29, 0.717) is 0 Å². The average molecular weight is 220 g/mol. The Kier molecular flexibility index (Phi) is 2.72. The number of hydrogen-bond donors (Lipinski definition) is 2. The Hall–Kier alpha value is -1.35. The molecular weight excluding hydrogens is 204 g/mol. The third-order valence-electron chi connectivity index (χ3n) is 3.56. The summed E-state index contributed by atoms with van der Waals surface area (Å²) in [6.45, 7) is 1.70. The topological polar surface area (TPSA) is 57.5 Å². The van der Waals surface area contributed by atoms with Crippen LogP contribution >= 0.6 is 0 Å². The molecule has 0 heterocycles. The summed E-state index contributed by atoms with van der Waals surface area (Å²) in [6.07, 6.45) is 1.91. The molecular formula is C13H16O3. The molecule has 1 fully saturated rings. The fourth-order valence-corrected chi connectivity index (χ4v) is 2.24. The van der Waals surface area contributed by atoms with Gasteiger partial charge in [0.05, 0.1) is 11.5 Å². The van der Waals surface area contributed by atoms with Crippen molar-refractivity contribution in [2.24, 2.45) is 0 Å². The third-order valence-corrected chi connectivity index (χ3v) is 3.56. The molecule has 1 atom stereocenters. The van der Waals surface area contributed by atoms with E-state index in [2.05, 4.69) is 0 Å². The Balaban J connectivity index is 2.30. The highest BCUT2D eigenvalue weighted by Gasteiger charge is 2.45. The Bertz CT molecular complexity index is 388. The second-order valence-corrected chi connectivity index (χ2v) is 4.54. The van der Waals surface area contributed by atoms with E-state index < -0.39 is 17.5 Å². The molecule has 86 valence electrons. The van der Waals surface area contributed by atoms with Crippen LogP contribution in [-0.2, 0) is 10.2 Å². The van der Waals surface area contributed by atoms with Crippen molar-refractivity contribution >= 4 is 5.97 Å². The number of benzene rings is 1. The Labute approximate surface area is 94.7 Å². The molecule has 0 aliphatic heterocycles. The van der Waals surface area contributed by atoms with Gasteiger partial charge in [-0.1, -0.05) is 30.7 Å². The normalized spacial score (nSPS) is 19.9. The highest BCUT2D eigenvalue weighted by atomic mass is 16.4. The number of aliphatic hydroxyl groups is 1. The molecule has 1 aromatic rings. The quantitative estimate of drug-likeness (QED) is 0.821. The van der Waals surface area contributed by atoms with Crippen molar-refractivity contribution < 1.29 is 15.0 Å². The molecule has 0 amide bonds. The smallest absolute Gasteiger partial charge is 0.314 e. The van der Waals surface area contributed by atoms with Gasteiger partial charge < -0.3 is 10.2 Å². The predicted octanol–water partition coefficient (Wildman–Crippen LogP) is 2.25. The molecule has 1 aliphatic carbocycles. The van der Waals surface area contributed by atoms with Crippen molar-refractivity contribution in [2.75, 3.05) is 0 Å². The summed E-state index contributed by atoms with van der Waals surface area (Å²) in [5.41, 5.74) is 1.01. The standard InChI is InChI=1S/C13H16O3/c1-9(14)10-3-5-11(6-4-10)13(12(15)16)7-2-8-13/h3-6,9,14H,2,7-8H2,1H3,(H,15,16). The fraction of sp³-hybridized carbons (Fsp3) is 0.462. The first-order valence-corrected chi connectivity index (χ1v) is 5.58. The molecule has 1 aromatic carbocycles. The van der Waals surface area contributed by atoms with Crippen LogP contribution in [0.2, 0.25) is 0 Å². The summed E-state index contributed by atoms with van der Waals surface area (Å²) in [5, 5.41) is 18.6. The third kappa shape index (κ3) is 1.61. The summed E-state index contributed by atoms with van der Waals surface area (Å²) in [6, 6.07) is 7.27. The van der Waals surface area contributed by atoms with Gasteiger partial charge in [-0.25, -0.2) is 0 Å². The zero-order valence-corrected chi connectivity index (χ0v) is 9.31. The van der Waals surface area contributed by atoms with Crippen molar-refractivity contribution in [2.45, 2.75) is 37.7 Å². The number of carbonyl (C=O) groups is 1.